The Morgan fingerprint density at radius 3 is 1.95 bits per heavy atom. The molecular formula is C39H32. The van der Waals surface area contributed by atoms with Gasteiger partial charge in [0, 0.05) is 11.8 Å². The van der Waals surface area contributed by atoms with Gasteiger partial charge < -0.3 is 0 Å². The van der Waals surface area contributed by atoms with E-state index in [1.165, 1.54) is 66.8 Å². The van der Waals surface area contributed by atoms with Gasteiger partial charge in [0.15, 0.2) is 0 Å². The van der Waals surface area contributed by atoms with Crippen LogP contribution in [0.4, 0.5) is 0 Å². The van der Waals surface area contributed by atoms with Gasteiger partial charge in [0.05, 0.1) is 0 Å². The Balaban J connectivity index is 1.27. The Labute approximate surface area is 232 Å². The lowest BCUT2D eigenvalue weighted by atomic mass is 9.82. The van der Waals surface area contributed by atoms with Crippen LogP contribution in [0.25, 0.3) is 33.4 Å². The van der Waals surface area contributed by atoms with Gasteiger partial charge in [-0.05, 0) is 99.2 Å². The van der Waals surface area contributed by atoms with E-state index in [2.05, 4.69) is 147 Å². The SMILES string of the molecule is Cc1ccccc1-c1cc(-c2ccc3c(c2)-c2ccccc2C3C2=CCC(c3ccccc3)C=C2)ccc1C. The maximum absolute atomic E-state index is 2.47. The second-order valence-corrected chi connectivity index (χ2v) is 11.0. The molecule has 2 atom stereocenters. The molecular weight excluding hydrogens is 468 g/mol. The topological polar surface area (TPSA) is 0 Å². The fourth-order valence-corrected chi connectivity index (χ4v) is 6.51. The Morgan fingerprint density at radius 2 is 1.18 bits per heavy atom. The van der Waals surface area contributed by atoms with Gasteiger partial charge in [0.25, 0.3) is 0 Å². The van der Waals surface area contributed by atoms with Crippen molar-refractivity contribution in [3.05, 3.63) is 167 Å². The molecule has 39 heavy (non-hydrogen) atoms. The van der Waals surface area contributed by atoms with Gasteiger partial charge in [0.1, 0.15) is 0 Å². The van der Waals surface area contributed by atoms with Crippen molar-refractivity contribution in [2.45, 2.75) is 32.1 Å². The summed E-state index contributed by atoms with van der Waals surface area (Å²) < 4.78 is 0. The first kappa shape index (κ1) is 23.7. The Hall–Kier alpha value is -4.42. The molecule has 2 aliphatic rings. The highest BCUT2D eigenvalue weighted by Gasteiger charge is 2.31. The average Bonchev–Trinajstić information content (AvgIpc) is 3.32. The molecule has 0 heterocycles. The molecule has 0 radical (unpaired) electrons. The molecule has 0 aliphatic heterocycles. The molecule has 5 aromatic carbocycles. The van der Waals surface area contributed by atoms with Gasteiger partial charge in [-0.2, -0.15) is 0 Å². The normalized spacial score (nSPS) is 17.4. The molecule has 0 bridgehead atoms. The molecule has 0 heteroatoms. The van der Waals surface area contributed by atoms with Gasteiger partial charge >= 0.3 is 0 Å². The van der Waals surface area contributed by atoms with Crippen molar-refractivity contribution < 1.29 is 0 Å². The van der Waals surface area contributed by atoms with Crippen LogP contribution in [-0.2, 0) is 0 Å². The summed E-state index contributed by atoms with van der Waals surface area (Å²) in [7, 11) is 0. The zero-order valence-electron chi connectivity index (χ0n) is 22.6. The van der Waals surface area contributed by atoms with E-state index in [1.54, 1.807) is 0 Å². The summed E-state index contributed by atoms with van der Waals surface area (Å²) in [6.07, 6.45) is 8.29. The minimum Gasteiger partial charge on any atom is -0.0794 e. The molecule has 7 rings (SSSR count). The van der Waals surface area contributed by atoms with Crippen LogP contribution in [0.2, 0.25) is 0 Å². The van der Waals surface area contributed by atoms with E-state index in [0.717, 1.165) is 6.42 Å². The summed E-state index contributed by atoms with van der Waals surface area (Å²) in [6, 6.07) is 42.5. The molecule has 0 saturated heterocycles. The average molecular weight is 501 g/mol. The summed E-state index contributed by atoms with van der Waals surface area (Å²) in [5, 5.41) is 0. The van der Waals surface area contributed by atoms with E-state index >= 15 is 0 Å². The first-order valence-corrected chi connectivity index (χ1v) is 14.0. The largest absolute Gasteiger partial charge is 0.0794 e. The lowest BCUT2D eigenvalue weighted by Crippen LogP contribution is -2.05. The number of fused-ring (bicyclic) bond motifs is 3. The van der Waals surface area contributed by atoms with Gasteiger partial charge in [-0.1, -0.05) is 121 Å². The minimum atomic E-state index is 0.291. The second-order valence-electron chi connectivity index (χ2n) is 11.0. The Kier molecular flexibility index (Phi) is 5.90. The number of benzene rings is 5. The summed E-state index contributed by atoms with van der Waals surface area (Å²) in [5.74, 6) is 0.746. The van der Waals surface area contributed by atoms with Crippen molar-refractivity contribution >= 4 is 0 Å². The summed E-state index contributed by atoms with van der Waals surface area (Å²) in [6.45, 7) is 4.41. The molecule has 0 aromatic heterocycles. The summed E-state index contributed by atoms with van der Waals surface area (Å²) in [4.78, 5) is 0. The first-order chi connectivity index (χ1) is 19.2. The van der Waals surface area contributed by atoms with Crippen molar-refractivity contribution in [3.63, 3.8) is 0 Å². The van der Waals surface area contributed by atoms with Crippen molar-refractivity contribution in [2.75, 3.05) is 0 Å². The van der Waals surface area contributed by atoms with Gasteiger partial charge in [-0.15, -0.1) is 0 Å². The number of rotatable bonds is 4. The van der Waals surface area contributed by atoms with Crippen LogP contribution in [-0.4, -0.2) is 0 Å². The van der Waals surface area contributed by atoms with Crippen LogP contribution in [0.3, 0.4) is 0 Å². The van der Waals surface area contributed by atoms with E-state index in [1.807, 2.05) is 0 Å². The summed E-state index contributed by atoms with van der Waals surface area (Å²) >= 11 is 0. The van der Waals surface area contributed by atoms with Gasteiger partial charge in [-0.3, -0.25) is 0 Å². The molecule has 0 amide bonds. The highest BCUT2D eigenvalue weighted by atomic mass is 14.3. The van der Waals surface area contributed by atoms with Crippen LogP contribution in [0.5, 0.6) is 0 Å². The maximum atomic E-state index is 2.47. The Bertz CT molecular complexity index is 1750. The smallest absolute Gasteiger partial charge is 0.0349 e. The standard InChI is InChI=1S/C39H32/c1-26-10-6-7-13-33(26)37-24-31(17-16-27(37)2)32-22-23-36-38(25-32)34-14-8-9-15-35(34)39(36)30-20-18-29(19-21-30)28-11-4-3-5-12-28/h3-18,20-25,29,39H,19H2,1-2H3. The highest BCUT2D eigenvalue weighted by Crippen LogP contribution is 2.50. The maximum Gasteiger partial charge on any atom is 0.0349 e. The van der Waals surface area contributed by atoms with Gasteiger partial charge in [-0.25, -0.2) is 0 Å². The molecule has 5 aromatic rings. The number of aryl methyl sites for hydroxylation is 2. The number of allylic oxidation sites excluding steroid dienone is 4. The molecule has 2 unspecified atom stereocenters. The fourth-order valence-electron chi connectivity index (χ4n) is 6.51. The van der Waals surface area contributed by atoms with Crippen LogP contribution < -0.4 is 0 Å². The molecule has 0 saturated carbocycles. The van der Waals surface area contributed by atoms with Crippen molar-refractivity contribution in [2.24, 2.45) is 0 Å². The third kappa shape index (κ3) is 4.17. The van der Waals surface area contributed by atoms with Crippen LogP contribution >= 0.6 is 0 Å². The van der Waals surface area contributed by atoms with E-state index in [4.69, 9.17) is 0 Å². The molecule has 0 spiro atoms. The van der Waals surface area contributed by atoms with Crippen LogP contribution in [0.1, 0.15) is 46.1 Å². The quantitative estimate of drug-likeness (QED) is 0.230. The van der Waals surface area contributed by atoms with Crippen LogP contribution in [0, 0.1) is 13.8 Å². The third-order valence-corrected chi connectivity index (χ3v) is 8.62. The highest BCUT2D eigenvalue weighted by molar-refractivity contribution is 5.86. The number of hydrogen-bond donors (Lipinski definition) is 0. The van der Waals surface area contributed by atoms with E-state index in [-0.39, 0.29) is 0 Å². The second kappa shape index (κ2) is 9.71. The minimum absolute atomic E-state index is 0.291. The molecule has 0 fully saturated rings. The van der Waals surface area contributed by atoms with E-state index in [9.17, 15) is 0 Å². The summed E-state index contributed by atoms with van der Waals surface area (Å²) in [5.41, 5.74) is 16.2. The van der Waals surface area contributed by atoms with Crippen molar-refractivity contribution in [1.82, 2.24) is 0 Å². The zero-order valence-corrected chi connectivity index (χ0v) is 22.6. The van der Waals surface area contributed by atoms with E-state index in [0.29, 0.717) is 11.8 Å². The fraction of sp³-hybridized carbons (Fsp3) is 0.128. The van der Waals surface area contributed by atoms with E-state index < -0.39 is 0 Å². The molecule has 0 N–H and O–H groups in total. The predicted molar refractivity (Wildman–Crippen MR) is 165 cm³/mol. The Morgan fingerprint density at radius 1 is 0.538 bits per heavy atom. The van der Waals surface area contributed by atoms with Crippen LogP contribution in [0.15, 0.2) is 139 Å². The third-order valence-electron chi connectivity index (χ3n) is 8.62. The number of hydrogen-bond acceptors (Lipinski definition) is 0. The monoisotopic (exact) mass is 500 g/mol. The molecule has 188 valence electrons. The molecule has 2 aliphatic carbocycles. The lowest BCUT2D eigenvalue weighted by Gasteiger charge is -2.22. The van der Waals surface area contributed by atoms with Crippen molar-refractivity contribution in [3.8, 4) is 33.4 Å². The van der Waals surface area contributed by atoms with Crippen molar-refractivity contribution in [1.29, 1.82) is 0 Å². The zero-order chi connectivity index (χ0) is 26.3. The predicted octanol–water partition coefficient (Wildman–Crippen LogP) is 10.4. The lowest BCUT2D eigenvalue weighted by molar-refractivity contribution is 0.827. The first-order valence-electron chi connectivity index (χ1n) is 14.0. The van der Waals surface area contributed by atoms with Gasteiger partial charge in [0.2, 0.25) is 0 Å². The molecule has 0 nitrogen and oxygen atoms in total.